The van der Waals surface area contributed by atoms with E-state index < -0.39 is 16.4 Å². The first-order valence-electron chi connectivity index (χ1n) is 8.02. The molecule has 0 spiro atoms. The molecule has 0 atom stereocenters. The molecule has 0 aliphatic heterocycles. The Morgan fingerprint density at radius 2 is 2.07 bits per heavy atom. The molecule has 0 bridgehead atoms. The van der Waals surface area contributed by atoms with Gasteiger partial charge in [0.15, 0.2) is 0 Å². The lowest BCUT2D eigenvalue weighted by atomic mass is 10.2. The van der Waals surface area contributed by atoms with Crippen LogP contribution in [-0.2, 0) is 0 Å². The number of halogens is 1. The number of aromatic nitrogens is 2. The smallest absolute Gasteiger partial charge is 0.311 e. The molecule has 1 heterocycles. The lowest BCUT2D eigenvalue weighted by Crippen LogP contribution is -2.23. The van der Waals surface area contributed by atoms with Crippen molar-refractivity contribution in [1.82, 2.24) is 9.66 Å². The largest absolute Gasteiger partial charge is 0.502 e. The Morgan fingerprint density at radius 1 is 1.33 bits per heavy atom. The Morgan fingerprint density at radius 3 is 2.74 bits per heavy atom. The Balaban J connectivity index is 2.20. The van der Waals surface area contributed by atoms with Crippen molar-refractivity contribution in [3.8, 4) is 5.75 Å². The lowest BCUT2D eigenvalue weighted by Gasteiger charge is -2.12. The Kier molecular flexibility index (Phi) is 5.04. The third-order valence-corrected chi connectivity index (χ3v) is 4.40. The molecular weight excluding hydrogens is 416 g/mol. The molecule has 0 unspecified atom stereocenters. The van der Waals surface area contributed by atoms with Gasteiger partial charge in [-0.15, -0.1) is 0 Å². The number of nitro groups is 1. The molecule has 9 heteroatoms. The second kappa shape index (κ2) is 7.28. The van der Waals surface area contributed by atoms with Gasteiger partial charge in [-0.3, -0.25) is 14.9 Å². The number of hydrogen-bond acceptors (Lipinski definition) is 6. The molecule has 0 saturated heterocycles. The summed E-state index contributed by atoms with van der Waals surface area (Å²) in [5.41, 5.74) is -0.126. The predicted molar refractivity (Wildman–Crippen MR) is 106 cm³/mol. The topological polar surface area (TPSA) is 111 Å². The van der Waals surface area contributed by atoms with Crippen LogP contribution in [0.5, 0.6) is 5.75 Å². The van der Waals surface area contributed by atoms with Crippen LogP contribution < -0.4 is 5.56 Å². The summed E-state index contributed by atoms with van der Waals surface area (Å²) in [6.45, 7) is 3.76. The minimum atomic E-state index is -0.687. The average Bonchev–Trinajstić information content (AvgIpc) is 2.62. The van der Waals surface area contributed by atoms with Crippen LogP contribution >= 0.6 is 15.9 Å². The molecule has 138 valence electrons. The maximum Gasteiger partial charge on any atom is 0.311 e. The summed E-state index contributed by atoms with van der Waals surface area (Å²) in [4.78, 5) is 27.7. The van der Waals surface area contributed by atoms with Crippen LogP contribution in [0, 0.1) is 10.1 Å². The van der Waals surface area contributed by atoms with Gasteiger partial charge in [0.2, 0.25) is 5.75 Å². The summed E-state index contributed by atoms with van der Waals surface area (Å²) in [6.07, 6.45) is 1.21. The van der Waals surface area contributed by atoms with E-state index in [1.807, 2.05) is 13.8 Å². The second-order valence-electron chi connectivity index (χ2n) is 6.12. The van der Waals surface area contributed by atoms with E-state index in [0.29, 0.717) is 16.7 Å². The van der Waals surface area contributed by atoms with Gasteiger partial charge in [-0.05, 0) is 24.3 Å². The van der Waals surface area contributed by atoms with Gasteiger partial charge in [-0.1, -0.05) is 35.8 Å². The fourth-order valence-corrected chi connectivity index (χ4v) is 2.93. The maximum absolute atomic E-state index is 12.9. The van der Waals surface area contributed by atoms with Crippen molar-refractivity contribution in [1.29, 1.82) is 0 Å². The van der Waals surface area contributed by atoms with Gasteiger partial charge in [-0.2, -0.15) is 9.78 Å². The van der Waals surface area contributed by atoms with Crippen molar-refractivity contribution in [3.63, 3.8) is 0 Å². The number of phenolic OH excluding ortho intramolecular Hbond substituents is 1. The van der Waals surface area contributed by atoms with Crippen molar-refractivity contribution >= 4 is 38.7 Å². The molecule has 3 aromatic rings. The summed E-state index contributed by atoms with van der Waals surface area (Å²) in [5.74, 6) is -0.167. The van der Waals surface area contributed by atoms with E-state index >= 15 is 0 Å². The van der Waals surface area contributed by atoms with E-state index in [4.69, 9.17) is 0 Å². The molecular formula is C18H15BrN4O4. The molecule has 0 radical (unpaired) electrons. The van der Waals surface area contributed by atoms with Gasteiger partial charge in [0.05, 0.1) is 22.0 Å². The zero-order chi connectivity index (χ0) is 19.7. The predicted octanol–water partition coefficient (Wildman–Crippen LogP) is 3.78. The highest BCUT2D eigenvalue weighted by Gasteiger charge is 2.17. The summed E-state index contributed by atoms with van der Waals surface area (Å²) in [7, 11) is 0. The van der Waals surface area contributed by atoms with E-state index in [1.54, 1.807) is 18.2 Å². The maximum atomic E-state index is 12.9. The van der Waals surface area contributed by atoms with Crippen LogP contribution in [0.1, 0.15) is 31.2 Å². The van der Waals surface area contributed by atoms with Crippen LogP contribution in [0.4, 0.5) is 5.69 Å². The fraction of sp³-hybridized carbons (Fsp3) is 0.167. The molecule has 0 aliphatic rings. The number of nitro benzene ring substituents is 1. The van der Waals surface area contributed by atoms with Crippen molar-refractivity contribution in [2.45, 2.75) is 19.8 Å². The zero-order valence-corrected chi connectivity index (χ0v) is 16.0. The SMILES string of the molecule is CC(C)c1nc2ccc(Br)cc2c(=O)n1N=Cc1cccc([N+](=O)[O-])c1O. The van der Waals surface area contributed by atoms with Crippen LogP contribution in [-0.4, -0.2) is 25.9 Å². The molecule has 27 heavy (non-hydrogen) atoms. The van der Waals surface area contributed by atoms with Crippen molar-refractivity contribution in [2.24, 2.45) is 5.10 Å². The Labute approximate surface area is 162 Å². The summed E-state index contributed by atoms with van der Waals surface area (Å²) in [5, 5.41) is 25.5. The molecule has 1 N–H and O–H groups in total. The molecule has 2 aromatic carbocycles. The molecule has 8 nitrogen and oxygen atoms in total. The number of nitrogens with zero attached hydrogens (tertiary/aromatic N) is 4. The average molecular weight is 431 g/mol. The van der Waals surface area contributed by atoms with Crippen molar-refractivity contribution in [3.05, 3.63) is 72.7 Å². The number of benzene rings is 2. The molecule has 0 saturated carbocycles. The first-order chi connectivity index (χ1) is 12.8. The number of hydrogen-bond donors (Lipinski definition) is 1. The minimum Gasteiger partial charge on any atom is -0.502 e. The number of aromatic hydroxyl groups is 1. The third kappa shape index (κ3) is 3.59. The standard InChI is InChI=1S/C18H15BrN4O4/c1-10(2)17-21-14-7-6-12(19)8-13(14)18(25)22(17)20-9-11-4-3-5-15(16(11)24)23(26)27/h3-10,24H,1-2H3. The van der Waals surface area contributed by atoms with Crippen LogP contribution in [0.25, 0.3) is 10.9 Å². The fourth-order valence-electron chi connectivity index (χ4n) is 2.57. The molecule has 0 amide bonds. The van der Waals surface area contributed by atoms with Gasteiger partial charge < -0.3 is 5.11 Å². The number of phenols is 1. The molecule has 3 rings (SSSR count). The van der Waals surface area contributed by atoms with Crippen molar-refractivity contribution in [2.75, 3.05) is 0 Å². The van der Waals surface area contributed by atoms with Gasteiger partial charge in [-0.25, -0.2) is 4.98 Å². The van der Waals surface area contributed by atoms with Gasteiger partial charge in [0, 0.05) is 22.0 Å². The van der Waals surface area contributed by atoms with Crippen LogP contribution in [0.15, 0.2) is 50.8 Å². The van der Waals surface area contributed by atoms with E-state index in [2.05, 4.69) is 26.0 Å². The first kappa shape index (κ1) is 18.7. The van der Waals surface area contributed by atoms with E-state index in [9.17, 15) is 20.0 Å². The second-order valence-corrected chi connectivity index (χ2v) is 7.04. The minimum absolute atomic E-state index is 0.0957. The van der Waals surface area contributed by atoms with E-state index in [0.717, 1.165) is 9.15 Å². The highest BCUT2D eigenvalue weighted by molar-refractivity contribution is 9.10. The van der Waals surface area contributed by atoms with E-state index in [-0.39, 0.29) is 17.0 Å². The zero-order valence-electron chi connectivity index (χ0n) is 14.5. The van der Waals surface area contributed by atoms with Gasteiger partial charge >= 0.3 is 5.69 Å². The number of para-hydroxylation sites is 1. The van der Waals surface area contributed by atoms with Crippen molar-refractivity contribution < 1.29 is 10.0 Å². The summed E-state index contributed by atoms with van der Waals surface area (Å²) in [6, 6.07) is 9.29. The highest BCUT2D eigenvalue weighted by atomic mass is 79.9. The molecule has 0 fully saturated rings. The van der Waals surface area contributed by atoms with Gasteiger partial charge in [0.25, 0.3) is 5.56 Å². The quantitative estimate of drug-likeness (QED) is 0.384. The normalized spacial score (nSPS) is 11.6. The molecule has 0 aliphatic carbocycles. The summed E-state index contributed by atoms with van der Waals surface area (Å²) >= 11 is 3.33. The highest BCUT2D eigenvalue weighted by Crippen LogP contribution is 2.28. The Bertz CT molecular complexity index is 1140. The molecule has 1 aromatic heterocycles. The van der Waals surface area contributed by atoms with E-state index in [1.165, 1.54) is 24.4 Å². The number of fused-ring (bicyclic) bond motifs is 1. The Hall–Kier alpha value is -3.07. The lowest BCUT2D eigenvalue weighted by molar-refractivity contribution is -0.385. The first-order valence-corrected chi connectivity index (χ1v) is 8.82. The van der Waals surface area contributed by atoms with Crippen LogP contribution in [0.2, 0.25) is 0 Å². The summed E-state index contributed by atoms with van der Waals surface area (Å²) < 4.78 is 1.88. The third-order valence-electron chi connectivity index (χ3n) is 3.90. The number of rotatable bonds is 4. The van der Waals surface area contributed by atoms with Crippen LogP contribution in [0.3, 0.4) is 0 Å². The van der Waals surface area contributed by atoms with Gasteiger partial charge in [0.1, 0.15) is 5.82 Å². The monoisotopic (exact) mass is 430 g/mol.